The minimum atomic E-state index is 0.790. The van der Waals surface area contributed by atoms with Crippen molar-refractivity contribution in [3.63, 3.8) is 0 Å². The van der Waals surface area contributed by atoms with Crippen LogP contribution in [0, 0.1) is 0 Å². The molecular weight excluding hydrogens is 320 g/mol. The van der Waals surface area contributed by atoms with Gasteiger partial charge in [-0.2, -0.15) is 0 Å². The molecule has 0 aliphatic rings. The van der Waals surface area contributed by atoms with Crippen molar-refractivity contribution in [3.05, 3.63) is 35.1 Å². The van der Waals surface area contributed by atoms with E-state index in [1.807, 2.05) is 43.1 Å². The van der Waals surface area contributed by atoms with Crippen LogP contribution in [0.15, 0.2) is 35.1 Å². The summed E-state index contributed by atoms with van der Waals surface area (Å²) in [4.78, 5) is 10.5. The predicted molar refractivity (Wildman–Crippen MR) is 85.0 cm³/mol. The number of halogens is 1. The lowest BCUT2D eigenvalue weighted by Gasteiger charge is -2.20. The third-order valence-electron chi connectivity index (χ3n) is 2.89. The van der Waals surface area contributed by atoms with E-state index < -0.39 is 0 Å². The summed E-state index contributed by atoms with van der Waals surface area (Å²) in [6.07, 6.45) is 1.55. The second kappa shape index (κ2) is 6.56. The summed E-state index contributed by atoms with van der Waals surface area (Å²) in [5.41, 5.74) is 1.02. The smallest absolute Gasteiger partial charge is 0.152 e. The lowest BCUT2D eigenvalue weighted by Crippen LogP contribution is -2.13. The van der Waals surface area contributed by atoms with E-state index in [-0.39, 0.29) is 0 Å². The Morgan fingerprint density at radius 1 is 1.25 bits per heavy atom. The Bertz CT molecular complexity index is 574. The first kappa shape index (κ1) is 14.6. The molecule has 0 bridgehead atoms. The van der Waals surface area contributed by atoms with Crippen molar-refractivity contribution in [1.29, 1.82) is 0 Å². The van der Waals surface area contributed by atoms with E-state index in [1.165, 1.54) is 0 Å². The van der Waals surface area contributed by atoms with Crippen molar-refractivity contribution in [1.82, 2.24) is 9.97 Å². The third kappa shape index (κ3) is 3.01. The Morgan fingerprint density at radius 2 is 1.95 bits per heavy atom. The number of hydrogen-bond donors (Lipinski definition) is 1. The number of nitrogens with zero attached hydrogens (tertiary/aromatic N) is 3. The van der Waals surface area contributed by atoms with Crippen LogP contribution in [0.4, 0.5) is 17.3 Å². The minimum absolute atomic E-state index is 0.790. The van der Waals surface area contributed by atoms with Crippen LogP contribution in [-0.4, -0.2) is 30.7 Å². The predicted octanol–water partition coefficient (Wildman–Crippen LogP) is 3.45. The topological polar surface area (TPSA) is 50.3 Å². The molecule has 2 rings (SSSR count). The van der Waals surface area contributed by atoms with Crippen LogP contribution in [-0.2, 0) is 0 Å². The van der Waals surface area contributed by atoms with Crippen molar-refractivity contribution < 1.29 is 4.74 Å². The van der Waals surface area contributed by atoms with E-state index in [1.54, 1.807) is 13.4 Å². The number of anilines is 3. The molecule has 2 aromatic rings. The van der Waals surface area contributed by atoms with E-state index in [0.29, 0.717) is 0 Å². The molecule has 0 unspecified atom stereocenters. The second-order valence-electron chi connectivity index (χ2n) is 4.15. The van der Waals surface area contributed by atoms with Crippen molar-refractivity contribution in [2.24, 2.45) is 0 Å². The highest BCUT2D eigenvalue weighted by molar-refractivity contribution is 9.10. The van der Waals surface area contributed by atoms with Crippen molar-refractivity contribution >= 4 is 33.3 Å². The molecule has 5 nitrogen and oxygen atoms in total. The monoisotopic (exact) mass is 336 g/mol. The number of ether oxygens (including phenoxy) is 1. The van der Waals surface area contributed by atoms with Crippen LogP contribution in [0.5, 0.6) is 5.75 Å². The van der Waals surface area contributed by atoms with Crippen LogP contribution in [0.25, 0.3) is 0 Å². The van der Waals surface area contributed by atoms with Crippen LogP contribution < -0.4 is 15.0 Å². The zero-order valence-corrected chi connectivity index (χ0v) is 13.3. The molecule has 0 fully saturated rings. The van der Waals surface area contributed by atoms with Gasteiger partial charge in [-0.15, -0.1) is 0 Å². The SMILES string of the molecule is CCNc1ncnc(N(C)c2ccc(OC)cc2)c1Br. The van der Waals surface area contributed by atoms with Crippen molar-refractivity contribution in [2.45, 2.75) is 6.92 Å². The highest BCUT2D eigenvalue weighted by Crippen LogP contribution is 2.33. The minimum Gasteiger partial charge on any atom is -0.497 e. The fraction of sp³-hybridized carbons (Fsp3) is 0.286. The molecule has 0 saturated heterocycles. The summed E-state index contributed by atoms with van der Waals surface area (Å²) in [5, 5.41) is 3.20. The summed E-state index contributed by atoms with van der Waals surface area (Å²) in [6, 6.07) is 7.82. The molecule has 20 heavy (non-hydrogen) atoms. The van der Waals surface area contributed by atoms with Gasteiger partial charge < -0.3 is 15.0 Å². The number of methoxy groups -OCH3 is 1. The first-order valence-corrected chi connectivity index (χ1v) is 7.08. The van der Waals surface area contributed by atoms with E-state index >= 15 is 0 Å². The van der Waals surface area contributed by atoms with Gasteiger partial charge in [-0.1, -0.05) is 0 Å². The second-order valence-corrected chi connectivity index (χ2v) is 4.94. The molecule has 6 heteroatoms. The number of aromatic nitrogens is 2. The van der Waals surface area contributed by atoms with E-state index in [9.17, 15) is 0 Å². The molecule has 0 amide bonds. The average molecular weight is 337 g/mol. The largest absolute Gasteiger partial charge is 0.497 e. The lowest BCUT2D eigenvalue weighted by atomic mass is 10.3. The zero-order chi connectivity index (χ0) is 14.5. The molecule has 106 valence electrons. The van der Waals surface area contributed by atoms with Crippen molar-refractivity contribution in [2.75, 3.05) is 30.9 Å². The van der Waals surface area contributed by atoms with Crippen molar-refractivity contribution in [3.8, 4) is 5.75 Å². The van der Waals surface area contributed by atoms with E-state index in [4.69, 9.17) is 4.74 Å². The summed E-state index contributed by atoms with van der Waals surface area (Å²) < 4.78 is 6.01. The molecule has 0 saturated carbocycles. The molecular formula is C14H17BrN4O. The highest BCUT2D eigenvalue weighted by atomic mass is 79.9. The fourth-order valence-corrected chi connectivity index (χ4v) is 2.42. The van der Waals surface area contributed by atoms with Crippen LogP contribution in [0.3, 0.4) is 0 Å². The third-order valence-corrected chi connectivity index (χ3v) is 3.62. The number of hydrogen-bond acceptors (Lipinski definition) is 5. The number of benzene rings is 1. The van der Waals surface area contributed by atoms with Crippen LogP contribution >= 0.6 is 15.9 Å². The Morgan fingerprint density at radius 3 is 2.55 bits per heavy atom. The van der Waals surface area contributed by atoms with Gasteiger partial charge in [0.15, 0.2) is 5.82 Å². The summed E-state index contributed by atoms with van der Waals surface area (Å²) in [6.45, 7) is 2.84. The van der Waals surface area contributed by atoms with Gasteiger partial charge in [0.1, 0.15) is 22.4 Å². The molecule has 1 aromatic heterocycles. The quantitative estimate of drug-likeness (QED) is 0.906. The zero-order valence-electron chi connectivity index (χ0n) is 11.7. The van der Waals surface area contributed by atoms with Gasteiger partial charge in [0.25, 0.3) is 0 Å². The summed E-state index contributed by atoms with van der Waals surface area (Å²) >= 11 is 3.55. The molecule has 0 radical (unpaired) electrons. The first-order valence-electron chi connectivity index (χ1n) is 6.29. The molecule has 0 aliphatic carbocycles. The van der Waals surface area contributed by atoms with Gasteiger partial charge in [0.2, 0.25) is 0 Å². The molecule has 1 N–H and O–H groups in total. The Balaban J connectivity index is 2.32. The number of rotatable bonds is 5. The van der Waals surface area contributed by atoms with E-state index in [2.05, 4.69) is 31.2 Å². The highest BCUT2D eigenvalue weighted by Gasteiger charge is 2.13. The Hall–Kier alpha value is -1.82. The summed E-state index contributed by atoms with van der Waals surface area (Å²) in [7, 11) is 3.62. The molecule has 0 spiro atoms. The Kier molecular flexibility index (Phi) is 4.79. The van der Waals surface area contributed by atoms with Crippen LogP contribution in [0.1, 0.15) is 6.92 Å². The normalized spacial score (nSPS) is 10.2. The first-order chi connectivity index (χ1) is 9.67. The standard InChI is InChI=1S/C14H17BrN4O/c1-4-16-13-12(15)14(18-9-17-13)19(2)10-5-7-11(20-3)8-6-10/h5-9H,4H2,1-3H3,(H,16,17,18). The van der Waals surface area contributed by atoms with Gasteiger partial charge in [0, 0.05) is 19.3 Å². The fourth-order valence-electron chi connectivity index (χ4n) is 1.81. The van der Waals surface area contributed by atoms with Gasteiger partial charge >= 0.3 is 0 Å². The molecule has 0 aliphatic heterocycles. The average Bonchev–Trinajstić information content (AvgIpc) is 2.49. The lowest BCUT2D eigenvalue weighted by molar-refractivity contribution is 0.415. The van der Waals surface area contributed by atoms with Gasteiger partial charge in [0.05, 0.1) is 7.11 Å². The summed E-state index contributed by atoms with van der Waals surface area (Å²) in [5.74, 6) is 2.43. The molecule has 1 heterocycles. The van der Waals surface area contributed by atoms with Crippen LogP contribution in [0.2, 0.25) is 0 Å². The maximum absolute atomic E-state index is 5.17. The Labute approximate surface area is 127 Å². The van der Waals surface area contributed by atoms with Gasteiger partial charge in [-0.05, 0) is 47.1 Å². The molecule has 1 aromatic carbocycles. The van der Waals surface area contributed by atoms with E-state index in [0.717, 1.165) is 34.1 Å². The maximum atomic E-state index is 5.17. The van der Waals surface area contributed by atoms with Gasteiger partial charge in [-0.3, -0.25) is 0 Å². The van der Waals surface area contributed by atoms with Gasteiger partial charge in [-0.25, -0.2) is 9.97 Å². The molecule has 0 atom stereocenters. The number of nitrogens with one attached hydrogen (secondary N) is 1. The maximum Gasteiger partial charge on any atom is 0.152 e.